The van der Waals surface area contributed by atoms with E-state index in [2.05, 4.69) is 61.6 Å². The summed E-state index contributed by atoms with van der Waals surface area (Å²) in [5, 5.41) is 6.31. The predicted molar refractivity (Wildman–Crippen MR) is 79.8 cm³/mol. The standard InChI is InChI=1S/C17H23N/c1-3-7-17(4-2)18-13-14-10-11-15-8-5-6-9-16(15)12-14/h5-6,8-12,17-18H,3-4,7,13H2,1-2H3. The second kappa shape index (κ2) is 6.55. The van der Waals surface area contributed by atoms with Gasteiger partial charge in [-0.2, -0.15) is 0 Å². The van der Waals surface area contributed by atoms with Crippen LogP contribution in [0.25, 0.3) is 10.8 Å². The Morgan fingerprint density at radius 1 is 1.00 bits per heavy atom. The molecule has 0 amide bonds. The van der Waals surface area contributed by atoms with Crippen LogP contribution in [0.2, 0.25) is 0 Å². The minimum atomic E-state index is 0.654. The van der Waals surface area contributed by atoms with Gasteiger partial charge in [0.15, 0.2) is 0 Å². The van der Waals surface area contributed by atoms with Crippen molar-refractivity contribution in [3.05, 3.63) is 48.0 Å². The lowest BCUT2D eigenvalue weighted by Gasteiger charge is -2.16. The summed E-state index contributed by atoms with van der Waals surface area (Å²) in [5.41, 5.74) is 1.38. The predicted octanol–water partition coefficient (Wildman–Crippen LogP) is 4.51. The molecule has 0 radical (unpaired) electrons. The van der Waals surface area contributed by atoms with Crippen LogP contribution in [0, 0.1) is 0 Å². The van der Waals surface area contributed by atoms with Gasteiger partial charge in [0, 0.05) is 12.6 Å². The van der Waals surface area contributed by atoms with E-state index in [1.54, 1.807) is 0 Å². The third kappa shape index (κ3) is 3.33. The zero-order chi connectivity index (χ0) is 12.8. The summed E-state index contributed by atoms with van der Waals surface area (Å²) in [5.74, 6) is 0. The Kier molecular flexibility index (Phi) is 4.77. The van der Waals surface area contributed by atoms with E-state index in [9.17, 15) is 0 Å². The van der Waals surface area contributed by atoms with E-state index in [4.69, 9.17) is 0 Å². The molecule has 1 nitrogen and oxygen atoms in total. The van der Waals surface area contributed by atoms with Crippen LogP contribution in [0.3, 0.4) is 0 Å². The molecular formula is C17H23N. The molecule has 0 aliphatic rings. The number of hydrogen-bond donors (Lipinski definition) is 1. The van der Waals surface area contributed by atoms with Crippen LogP contribution in [-0.2, 0) is 6.54 Å². The zero-order valence-corrected chi connectivity index (χ0v) is 11.4. The van der Waals surface area contributed by atoms with Gasteiger partial charge in [-0.05, 0) is 35.2 Å². The average Bonchev–Trinajstić information content (AvgIpc) is 2.43. The fraction of sp³-hybridized carbons (Fsp3) is 0.412. The smallest absolute Gasteiger partial charge is 0.0208 e. The van der Waals surface area contributed by atoms with E-state index in [-0.39, 0.29) is 0 Å². The van der Waals surface area contributed by atoms with Gasteiger partial charge >= 0.3 is 0 Å². The lowest BCUT2D eigenvalue weighted by atomic mass is 10.1. The summed E-state index contributed by atoms with van der Waals surface area (Å²) in [6, 6.07) is 15.9. The van der Waals surface area contributed by atoms with Crippen molar-refractivity contribution in [2.24, 2.45) is 0 Å². The van der Waals surface area contributed by atoms with Crippen molar-refractivity contribution < 1.29 is 0 Å². The van der Waals surface area contributed by atoms with Gasteiger partial charge < -0.3 is 5.32 Å². The highest BCUT2D eigenvalue weighted by molar-refractivity contribution is 5.82. The van der Waals surface area contributed by atoms with Gasteiger partial charge in [0.2, 0.25) is 0 Å². The molecule has 0 spiro atoms. The molecule has 0 aromatic heterocycles. The molecule has 2 aromatic carbocycles. The SMILES string of the molecule is CCCC(CC)NCc1ccc2ccccc2c1. The van der Waals surface area contributed by atoms with Crippen LogP contribution in [0.5, 0.6) is 0 Å². The molecule has 0 heterocycles. The minimum Gasteiger partial charge on any atom is -0.310 e. The Hall–Kier alpha value is -1.34. The molecule has 0 bridgehead atoms. The van der Waals surface area contributed by atoms with Crippen LogP contribution < -0.4 is 5.32 Å². The first-order valence-electron chi connectivity index (χ1n) is 7.04. The molecular weight excluding hydrogens is 218 g/mol. The fourth-order valence-corrected chi connectivity index (χ4v) is 2.41. The van der Waals surface area contributed by atoms with Gasteiger partial charge in [-0.3, -0.25) is 0 Å². The summed E-state index contributed by atoms with van der Waals surface area (Å²) >= 11 is 0. The molecule has 1 atom stereocenters. The highest BCUT2D eigenvalue weighted by Crippen LogP contribution is 2.15. The first kappa shape index (κ1) is 13.1. The molecule has 0 aliphatic carbocycles. The maximum atomic E-state index is 3.65. The second-order valence-electron chi connectivity index (χ2n) is 4.96. The summed E-state index contributed by atoms with van der Waals surface area (Å²) in [6.45, 7) is 5.48. The number of rotatable bonds is 6. The molecule has 96 valence electrons. The fourth-order valence-electron chi connectivity index (χ4n) is 2.41. The number of nitrogens with one attached hydrogen (secondary N) is 1. The number of benzene rings is 2. The van der Waals surface area contributed by atoms with Crippen molar-refractivity contribution in [1.29, 1.82) is 0 Å². The first-order chi connectivity index (χ1) is 8.83. The van der Waals surface area contributed by atoms with Crippen molar-refractivity contribution in [3.8, 4) is 0 Å². The Morgan fingerprint density at radius 3 is 2.50 bits per heavy atom. The molecule has 18 heavy (non-hydrogen) atoms. The van der Waals surface area contributed by atoms with Crippen LogP contribution in [-0.4, -0.2) is 6.04 Å². The third-order valence-corrected chi connectivity index (χ3v) is 3.54. The second-order valence-corrected chi connectivity index (χ2v) is 4.96. The van der Waals surface area contributed by atoms with Crippen molar-refractivity contribution in [3.63, 3.8) is 0 Å². The van der Waals surface area contributed by atoms with Crippen LogP contribution in [0.1, 0.15) is 38.7 Å². The van der Waals surface area contributed by atoms with Gasteiger partial charge in [-0.15, -0.1) is 0 Å². The van der Waals surface area contributed by atoms with E-state index >= 15 is 0 Å². The van der Waals surface area contributed by atoms with Gasteiger partial charge in [0.1, 0.15) is 0 Å². The topological polar surface area (TPSA) is 12.0 Å². The molecule has 1 N–H and O–H groups in total. The van der Waals surface area contributed by atoms with Crippen LogP contribution in [0.4, 0.5) is 0 Å². The van der Waals surface area contributed by atoms with Gasteiger partial charge in [-0.1, -0.05) is 56.7 Å². The van der Waals surface area contributed by atoms with E-state index in [0.29, 0.717) is 6.04 Å². The molecule has 0 aliphatic heterocycles. The molecule has 1 unspecified atom stereocenters. The van der Waals surface area contributed by atoms with Gasteiger partial charge in [-0.25, -0.2) is 0 Å². The lowest BCUT2D eigenvalue weighted by molar-refractivity contribution is 0.462. The van der Waals surface area contributed by atoms with Crippen molar-refractivity contribution in [2.45, 2.75) is 45.7 Å². The summed E-state index contributed by atoms with van der Waals surface area (Å²) < 4.78 is 0. The van der Waals surface area contributed by atoms with E-state index in [0.717, 1.165) is 6.54 Å². The highest BCUT2D eigenvalue weighted by atomic mass is 14.9. The summed E-state index contributed by atoms with van der Waals surface area (Å²) in [7, 11) is 0. The molecule has 1 heteroatoms. The molecule has 0 saturated carbocycles. The maximum Gasteiger partial charge on any atom is 0.0208 e. The van der Waals surface area contributed by atoms with E-state index < -0.39 is 0 Å². The van der Waals surface area contributed by atoms with E-state index in [1.165, 1.54) is 35.6 Å². The van der Waals surface area contributed by atoms with Gasteiger partial charge in [0.05, 0.1) is 0 Å². The largest absolute Gasteiger partial charge is 0.310 e. The number of fused-ring (bicyclic) bond motifs is 1. The van der Waals surface area contributed by atoms with Crippen LogP contribution in [0.15, 0.2) is 42.5 Å². The summed E-state index contributed by atoms with van der Waals surface area (Å²) in [4.78, 5) is 0. The van der Waals surface area contributed by atoms with Gasteiger partial charge in [0.25, 0.3) is 0 Å². The Balaban J connectivity index is 2.03. The average molecular weight is 241 g/mol. The summed E-state index contributed by atoms with van der Waals surface area (Å²) in [6.07, 6.45) is 3.73. The Labute approximate surface area is 110 Å². The Bertz CT molecular complexity index is 490. The normalized spacial score (nSPS) is 12.8. The van der Waals surface area contributed by atoms with E-state index in [1.807, 2.05) is 0 Å². The molecule has 2 rings (SSSR count). The monoisotopic (exact) mass is 241 g/mol. The maximum absolute atomic E-state index is 3.65. The highest BCUT2D eigenvalue weighted by Gasteiger charge is 2.04. The van der Waals surface area contributed by atoms with Crippen molar-refractivity contribution in [1.82, 2.24) is 5.32 Å². The van der Waals surface area contributed by atoms with Crippen LogP contribution >= 0.6 is 0 Å². The lowest BCUT2D eigenvalue weighted by Crippen LogP contribution is -2.27. The molecule has 0 fully saturated rings. The third-order valence-electron chi connectivity index (χ3n) is 3.54. The molecule has 2 aromatic rings. The molecule has 0 saturated heterocycles. The van der Waals surface area contributed by atoms with Crippen molar-refractivity contribution >= 4 is 10.8 Å². The minimum absolute atomic E-state index is 0.654. The first-order valence-corrected chi connectivity index (χ1v) is 7.04. The Morgan fingerprint density at radius 2 is 1.78 bits per heavy atom. The van der Waals surface area contributed by atoms with Crippen molar-refractivity contribution in [2.75, 3.05) is 0 Å². The zero-order valence-electron chi connectivity index (χ0n) is 11.4. The quantitative estimate of drug-likeness (QED) is 0.784. The number of hydrogen-bond acceptors (Lipinski definition) is 1.